The van der Waals surface area contributed by atoms with Gasteiger partial charge in [-0.3, -0.25) is 14.2 Å². The fourth-order valence-corrected chi connectivity index (χ4v) is 2.64. The van der Waals surface area contributed by atoms with Crippen molar-refractivity contribution in [2.75, 3.05) is 6.54 Å². The molecule has 1 aromatic heterocycles. The Balaban J connectivity index is 1.55. The number of benzene rings is 2. The van der Waals surface area contributed by atoms with Crippen molar-refractivity contribution in [3.8, 4) is 11.3 Å². The van der Waals surface area contributed by atoms with Gasteiger partial charge in [-0.25, -0.2) is 9.37 Å². The Kier molecular flexibility index (Phi) is 5.76. The van der Waals surface area contributed by atoms with Crippen molar-refractivity contribution in [1.29, 1.82) is 0 Å². The quantitative estimate of drug-likeness (QED) is 0.731. The molecule has 0 atom stereocenters. The Hall–Kier alpha value is -3.28. The Labute approximate surface area is 156 Å². The Bertz CT molecular complexity index is 980. The van der Waals surface area contributed by atoms with Gasteiger partial charge in [0.15, 0.2) is 0 Å². The predicted octanol–water partition coefficient (Wildman–Crippen LogP) is 2.72. The van der Waals surface area contributed by atoms with Gasteiger partial charge in [0.2, 0.25) is 5.91 Å². The van der Waals surface area contributed by atoms with Gasteiger partial charge < -0.3 is 5.32 Å². The van der Waals surface area contributed by atoms with Crippen molar-refractivity contribution in [2.45, 2.75) is 19.9 Å². The molecule has 0 aliphatic rings. The molecule has 1 N–H and O–H groups in total. The van der Waals surface area contributed by atoms with E-state index in [4.69, 9.17) is 0 Å². The summed E-state index contributed by atoms with van der Waals surface area (Å²) in [5.74, 6) is -0.434. The lowest BCUT2D eigenvalue weighted by molar-refractivity contribution is -0.120. The molecule has 3 rings (SSSR count). The summed E-state index contributed by atoms with van der Waals surface area (Å²) in [5.41, 5.74) is 3.03. The number of hydrogen-bond acceptors (Lipinski definition) is 3. The fraction of sp³-hybridized carbons (Fsp3) is 0.190. The van der Waals surface area contributed by atoms with Gasteiger partial charge in [-0.05, 0) is 36.8 Å². The van der Waals surface area contributed by atoms with Gasteiger partial charge in [0, 0.05) is 24.7 Å². The molecule has 2 aromatic carbocycles. The highest BCUT2D eigenvalue weighted by atomic mass is 19.1. The SMILES string of the molecule is Cc1ccc(CC(=O)NCCn2cnc(-c3ccc(F)cc3)cc2=O)cc1. The molecule has 138 valence electrons. The largest absolute Gasteiger partial charge is 0.354 e. The maximum atomic E-state index is 13.0. The Morgan fingerprint density at radius 2 is 1.81 bits per heavy atom. The van der Waals surface area contributed by atoms with Gasteiger partial charge in [-0.2, -0.15) is 0 Å². The number of aromatic nitrogens is 2. The van der Waals surface area contributed by atoms with E-state index < -0.39 is 0 Å². The molecule has 0 bridgehead atoms. The van der Waals surface area contributed by atoms with E-state index in [0.717, 1.165) is 11.1 Å². The molecule has 5 nitrogen and oxygen atoms in total. The van der Waals surface area contributed by atoms with E-state index in [9.17, 15) is 14.0 Å². The summed E-state index contributed by atoms with van der Waals surface area (Å²) < 4.78 is 14.4. The van der Waals surface area contributed by atoms with Crippen LogP contribution in [-0.4, -0.2) is 22.0 Å². The summed E-state index contributed by atoms with van der Waals surface area (Å²) in [5, 5.41) is 2.81. The van der Waals surface area contributed by atoms with Crippen LogP contribution in [0, 0.1) is 12.7 Å². The first-order valence-corrected chi connectivity index (χ1v) is 8.66. The van der Waals surface area contributed by atoms with Gasteiger partial charge in [-0.15, -0.1) is 0 Å². The molecule has 3 aromatic rings. The number of amides is 1. The molecule has 1 amide bonds. The number of nitrogens with one attached hydrogen (secondary N) is 1. The van der Waals surface area contributed by atoms with Crippen LogP contribution in [0.15, 0.2) is 65.7 Å². The lowest BCUT2D eigenvalue weighted by Gasteiger charge is -2.08. The van der Waals surface area contributed by atoms with Crippen LogP contribution in [0.1, 0.15) is 11.1 Å². The number of carbonyl (C=O) groups is 1. The van der Waals surface area contributed by atoms with Crippen LogP contribution in [0.3, 0.4) is 0 Å². The van der Waals surface area contributed by atoms with Crippen LogP contribution in [0.25, 0.3) is 11.3 Å². The highest BCUT2D eigenvalue weighted by Crippen LogP contribution is 2.14. The second kappa shape index (κ2) is 8.40. The number of hydrogen-bond donors (Lipinski definition) is 1. The molecule has 0 spiro atoms. The van der Waals surface area contributed by atoms with Crippen LogP contribution in [0.4, 0.5) is 4.39 Å². The van der Waals surface area contributed by atoms with Crippen LogP contribution in [0.2, 0.25) is 0 Å². The van der Waals surface area contributed by atoms with E-state index in [1.807, 2.05) is 31.2 Å². The zero-order valence-corrected chi connectivity index (χ0v) is 15.0. The minimum absolute atomic E-state index is 0.0946. The average molecular weight is 365 g/mol. The highest BCUT2D eigenvalue weighted by molar-refractivity contribution is 5.78. The average Bonchev–Trinajstić information content (AvgIpc) is 2.65. The molecular weight excluding hydrogens is 345 g/mol. The summed E-state index contributed by atoms with van der Waals surface area (Å²) in [6.45, 7) is 2.66. The molecule has 27 heavy (non-hydrogen) atoms. The molecule has 0 aliphatic heterocycles. The Morgan fingerprint density at radius 1 is 1.11 bits per heavy atom. The first kappa shape index (κ1) is 18.5. The topological polar surface area (TPSA) is 64.0 Å². The number of aryl methyl sites for hydroxylation is 1. The molecule has 0 radical (unpaired) electrons. The van der Waals surface area contributed by atoms with E-state index >= 15 is 0 Å². The van der Waals surface area contributed by atoms with E-state index in [1.165, 1.54) is 29.1 Å². The Morgan fingerprint density at radius 3 is 2.48 bits per heavy atom. The highest BCUT2D eigenvalue weighted by Gasteiger charge is 2.05. The summed E-state index contributed by atoms with van der Waals surface area (Å²) >= 11 is 0. The minimum atomic E-state index is -0.339. The van der Waals surface area contributed by atoms with Crippen molar-refractivity contribution in [3.63, 3.8) is 0 Å². The third kappa shape index (κ3) is 5.10. The predicted molar refractivity (Wildman–Crippen MR) is 102 cm³/mol. The van der Waals surface area contributed by atoms with Gasteiger partial charge in [0.25, 0.3) is 5.56 Å². The standard InChI is InChI=1S/C21H20FN3O2/c1-15-2-4-16(5-3-15)12-20(26)23-10-11-25-14-24-19(13-21(25)27)17-6-8-18(22)9-7-17/h2-9,13-14H,10-12H2,1H3,(H,23,26). The number of halogens is 1. The van der Waals surface area contributed by atoms with Gasteiger partial charge in [0.05, 0.1) is 18.4 Å². The first-order chi connectivity index (χ1) is 13.0. The third-order valence-corrected chi connectivity index (χ3v) is 4.18. The van der Waals surface area contributed by atoms with Crippen molar-refractivity contribution in [2.24, 2.45) is 0 Å². The third-order valence-electron chi connectivity index (χ3n) is 4.18. The number of carbonyl (C=O) groups excluding carboxylic acids is 1. The number of rotatable bonds is 6. The van der Waals surface area contributed by atoms with Crippen molar-refractivity contribution >= 4 is 5.91 Å². The summed E-state index contributed by atoms with van der Waals surface area (Å²) in [4.78, 5) is 28.5. The molecule has 0 aliphatic carbocycles. The molecular formula is C21H20FN3O2. The molecule has 6 heteroatoms. The fourth-order valence-electron chi connectivity index (χ4n) is 2.64. The van der Waals surface area contributed by atoms with E-state index in [2.05, 4.69) is 10.3 Å². The van der Waals surface area contributed by atoms with Crippen molar-refractivity contribution in [1.82, 2.24) is 14.9 Å². The van der Waals surface area contributed by atoms with Crippen LogP contribution >= 0.6 is 0 Å². The van der Waals surface area contributed by atoms with Gasteiger partial charge >= 0.3 is 0 Å². The smallest absolute Gasteiger partial charge is 0.253 e. The van der Waals surface area contributed by atoms with E-state index in [1.54, 1.807) is 12.1 Å². The summed E-state index contributed by atoms with van der Waals surface area (Å²) in [6.07, 6.45) is 1.74. The van der Waals surface area contributed by atoms with E-state index in [-0.39, 0.29) is 17.3 Å². The second-order valence-corrected chi connectivity index (χ2v) is 6.33. The minimum Gasteiger partial charge on any atom is -0.354 e. The maximum absolute atomic E-state index is 13.0. The monoisotopic (exact) mass is 365 g/mol. The normalized spacial score (nSPS) is 10.6. The lowest BCUT2D eigenvalue weighted by Crippen LogP contribution is -2.31. The molecule has 0 unspecified atom stereocenters. The van der Waals surface area contributed by atoms with Crippen molar-refractivity contribution in [3.05, 3.63) is 88.2 Å². The zero-order chi connectivity index (χ0) is 19.2. The lowest BCUT2D eigenvalue weighted by atomic mass is 10.1. The molecule has 0 saturated heterocycles. The molecule has 0 saturated carbocycles. The van der Waals surface area contributed by atoms with Crippen LogP contribution < -0.4 is 10.9 Å². The van der Waals surface area contributed by atoms with Crippen LogP contribution in [-0.2, 0) is 17.8 Å². The van der Waals surface area contributed by atoms with Gasteiger partial charge in [-0.1, -0.05) is 29.8 Å². The van der Waals surface area contributed by atoms with Crippen LogP contribution in [0.5, 0.6) is 0 Å². The van der Waals surface area contributed by atoms with Gasteiger partial charge in [0.1, 0.15) is 5.82 Å². The molecule has 0 fully saturated rings. The van der Waals surface area contributed by atoms with E-state index in [0.29, 0.717) is 30.8 Å². The second-order valence-electron chi connectivity index (χ2n) is 6.33. The molecule has 1 heterocycles. The summed E-state index contributed by atoms with van der Waals surface area (Å²) in [6, 6.07) is 15.0. The summed E-state index contributed by atoms with van der Waals surface area (Å²) in [7, 11) is 0. The number of nitrogens with zero attached hydrogens (tertiary/aromatic N) is 2. The van der Waals surface area contributed by atoms with Crippen molar-refractivity contribution < 1.29 is 9.18 Å². The maximum Gasteiger partial charge on any atom is 0.253 e. The first-order valence-electron chi connectivity index (χ1n) is 8.66. The zero-order valence-electron chi connectivity index (χ0n) is 15.0.